The van der Waals surface area contributed by atoms with Crippen LogP contribution in [0.15, 0.2) is 59.6 Å². The van der Waals surface area contributed by atoms with Crippen molar-refractivity contribution in [2.24, 2.45) is 0 Å². The summed E-state index contributed by atoms with van der Waals surface area (Å²) in [4.78, 5) is 4.71. The standard InChI is InChI=1S/C23H26N2O5S/c1-2-28-15-16-30-23-9-10-24-22-8-5-19(17-21(22)23)18-3-6-20(7-4-18)31(26,27)25-11-13-29-14-12-25/h3-10,17H,2,11-16H2,1H3. The quantitative estimate of drug-likeness (QED) is 0.498. The third-order valence-corrected chi connectivity index (χ3v) is 7.10. The normalized spacial score (nSPS) is 15.3. The van der Waals surface area contributed by atoms with Gasteiger partial charge in [0.15, 0.2) is 0 Å². The molecule has 2 heterocycles. The molecule has 4 rings (SSSR count). The minimum atomic E-state index is -3.51. The maximum atomic E-state index is 12.8. The van der Waals surface area contributed by atoms with Gasteiger partial charge in [0.05, 0.1) is 30.2 Å². The molecule has 0 unspecified atom stereocenters. The Morgan fingerprint density at radius 1 is 1.00 bits per heavy atom. The predicted octanol–water partition coefficient (Wildman–Crippen LogP) is 3.34. The Balaban J connectivity index is 1.58. The average molecular weight is 443 g/mol. The number of ether oxygens (including phenoxy) is 3. The first-order valence-corrected chi connectivity index (χ1v) is 11.8. The van der Waals surface area contributed by atoms with Crippen LogP contribution < -0.4 is 4.74 Å². The van der Waals surface area contributed by atoms with Crippen molar-refractivity contribution < 1.29 is 22.6 Å². The van der Waals surface area contributed by atoms with Gasteiger partial charge in [-0.1, -0.05) is 18.2 Å². The van der Waals surface area contributed by atoms with Crippen LogP contribution in [0.25, 0.3) is 22.0 Å². The van der Waals surface area contributed by atoms with Gasteiger partial charge in [0.25, 0.3) is 0 Å². The fourth-order valence-electron chi connectivity index (χ4n) is 3.54. The molecular weight excluding hydrogens is 416 g/mol. The van der Waals surface area contributed by atoms with E-state index in [0.717, 1.165) is 27.8 Å². The highest BCUT2D eigenvalue weighted by Crippen LogP contribution is 2.30. The second-order valence-corrected chi connectivity index (χ2v) is 9.07. The van der Waals surface area contributed by atoms with E-state index < -0.39 is 10.0 Å². The number of benzene rings is 2. The van der Waals surface area contributed by atoms with Crippen molar-refractivity contribution >= 4 is 20.9 Å². The van der Waals surface area contributed by atoms with Gasteiger partial charge in [0, 0.05) is 31.3 Å². The Morgan fingerprint density at radius 2 is 1.74 bits per heavy atom. The van der Waals surface area contributed by atoms with Crippen LogP contribution in [0, 0.1) is 0 Å². The van der Waals surface area contributed by atoms with Crippen molar-refractivity contribution in [1.82, 2.24) is 9.29 Å². The number of aromatic nitrogens is 1. The van der Waals surface area contributed by atoms with Crippen LogP contribution in [0.1, 0.15) is 6.92 Å². The van der Waals surface area contributed by atoms with Crippen molar-refractivity contribution in [2.45, 2.75) is 11.8 Å². The SMILES string of the molecule is CCOCCOc1ccnc2ccc(-c3ccc(S(=O)(=O)N4CCOCC4)cc3)cc12. The molecule has 1 aliphatic rings. The Morgan fingerprint density at radius 3 is 2.48 bits per heavy atom. The zero-order valence-corrected chi connectivity index (χ0v) is 18.3. The van der Waals surface area contributed by atoms with Crippen LogP contribution in [0.2, 0.25) is 0 Å². The van der Waals surface area contributed by atoms with Gasteiger partial charge in [-0.25, -0.2) is 8.42 Å². The number of fused-ring (bicyclic) bond motifs is 1. The van der Waals surface area contributed by atoms with E-state index in [2.05, 4.69) is 4.98 Å². The fraction of sp³-hybridized carbons (Fsp3) is 0.348. The number of morpholine rings is 1. The summed E-state index contributed by atoms with van der Waals surface area (Å²) in [5.74, 6) is 0.748. The molecule has 0 N–H and O–H groups in total. The molecule has 31 heavy (non-hydrogen) atoms. The first kappa shape index (κ1) is 21.7. The molecule has 8 heteroatoms. The first-order chi connectivity index (χ1) is 15.1. The van der Waals surface area contributed by atoms with Crippen LogP contribution in [0.5, 0.6) is 5.75 Å². The summed E-state index contributed by atoms with van der Waals surface area (Å²) < 4.78 is 43.6. The number of nitrogens with zero attached hydrogens (tertiary/aromatic N) is 2. The van der Waals surface area contributed by atoms with Gasteiger partial charge in [-0.2, -0.15) is 4.31 Å². The van der Waals surface area contributed by atoms with Gasteiger partial charge in [0.2, 0.25) is 10.0 Å². The molecule has 3 aromatic rings. The molecule has 7 nitrogen and oxygen atoms in total. The molecule has 2 aromatic carbocycles. The monoisotopic (exact) mass is 442 g/mol. The Hall–Kier alpha value is -2.52. The molecule has 1 aliphatic heterocycles. The molecule has 1 saturated heterocycles. The summed E-state index contributed by atoms with van der Waals surface area (Å²) in [6.07, 6.45) is 1.73. The van der Waals surface area contributed by atoms with Crippen molar-refractivity contribution in [3.8, 4) is 16.9 Å². The van der Waals surface area contributed by atoms with Crippen LogP contribution in [-0.2, 0) is 19.5 Å². The summed E-state index contributed by atoms with van der Waals surface area (Å²) >= 11 is 0. The third kappa shape index (κ3) is 4.88. The topological polar surface area (TPSA) is 78.0 Å². The lowest BCUT2D eigenvalue weighted by Crippen LogP contribution is -2.40. The van der Waals surface area contributed by atoms with Crippen molar-refractivity contribution in [2.75, 3.05) is 46.1 Å². The zero-order chi connectivity index (χ0) is 21.7. The number of hydrogen-bond acceptors (Lipinski definition) is 6. The lowest BCUT2D eigenvalue weighted by atomic mass is 10.0. The lowest BCUT2D eigenvalue weighted by molar-refractivity contribution is 0.0730. The number of rotatable bonds is 8. The molecule has 0 amide bonds. The van der Waals surface area contributed by atoms with E-state index in [0.29, 0.717) is 51.0 Å². The number of hydrogen-bond donors (Lipinski definition) is 0. The molecule has 0 saturated carbocycles. The summed E-state index contributed by atoms with van der Waals surface area (Å²) in [7, 11) is -3.51. The molecule has 0 aliphatic carbocycles. The van der Waals surface area contributed by atoms with E-state index in [1.807, 2.05) is 43.3 Å². The fourth-order valence-corrected chi connectivity index (χ4v) is 4.94. The van der Waals surface area contributed by atoms with Gasteiger partial charge in [-0.3, -0.25) is 4.98 Å². The lowest BCUT2D eigenvalue weighted by Gasteiger charge is -2.26. The maximum Gasteiger partial charge on any atom is 0.243 e. The molecule has 0 atom stereocenters. The van der Waals surface area contributed by atoms with E-state index in [9.17, 15) is 8.42 Å². The number of pyridine rings is 1. The van der Waals surface area contributed by atoms with E-state index in [-0.39, 0.29) is 0 Å². The van der Waals surface area contributed by atoms with Crippen LogP contribution >= 0.6 is 0 Å². The van der Waals surface area contributed by atoms with Crippen LogP contribution in [-0.4, -0.2) is 63.8 Å². The third-order valence-electron chi connectivity index (χ3n) is 5.19. The average Bonchev–Trinajstić information content (AvgIpc) is 2.82. The van der Waals surface area contributed by atoms with E-state index in [1.54, 1.807) is 18.3 Å². The van der Waals surface area contributed by atoms with Gasteiger partial charge in [-0.15, -0.1) is 0 Å². The highest BCUT2D eigenvalue weighted by atomic mass is 32.2. The van der Waals surface area contributed by atoms with Gasteiger partial charge in [-0.05, 0) is 48.4 Å². The second kappa shape index (κ2) is 9.74. The molecular formula is C23H26N2O5S. The molecule has 1 aromatic heterocycles. The number of sulfonamides is 1. The predicted molar refractivity (Wildman–Crippen MR) is 119 cm³/mol. The minimum Gasteiger partial charge on any atom is -0.490 e. The van der Waals surface area contributed by atoms with Crippen LogP contribution in [0.3, 0.4) is 0 Å². The van der Waals surface area contributed by atoms with Gasteiger partial charge >= 0.3 is 0 Å². The smallest absolute Gasteiger partial charge is 0.243 e. The summed E-state index contributed by atoms with van der Waals surface area (Å²) in [5, 5.41) is 0.904. The minimum absolute atomic E-state index is 0.292. The van der Waals surface area contributed by atoms with Gasteiger partial charge < -0.3 is 14.2 Å². The molecule has 1 fully saturated rings. The molecule has 0 bridgehead atoms. The Bertz CT molecular complexity index is 1130. The summed E-state index contributed by atoms with van der Waals surface area (Å²) in [5.41, 5.74) is 2.72. The van der Waals surface area contributed by atoms with Crippen molar-refractivity contribution in [1.29, 1.82) is 0 Å². The van der Waals surface area contributed by atoms with E-state index >= 15 is 0 Å². The Kier molecular flexibility index (Phi) is 6.82. The largest absolute Gasteiger partial charge is 0.490 e. The van der Waals surface area contributed by atoms with E-state index in [1.165, 1.54) is 4.31 Å². The summed E-state index contributed by atoms with van der Waals surface area (Å²) in [6, 6.07) is 14.8. The van der Waals surface area contributed by atoms with Gasteiger partial charge in [0.1, 0.15) is 12.4 Å². The zero-order valence-electron chi connectivity index (χ0n) is 17.5. The Labute approximate surface area is 182 Å². The molecule has 0 spiro atoms. The highest BCUT2D eigenvalue weighted by molar-refractivity contribution is 7.89. The van der Waals surface area contributed by atoms with Crippen LogP contribution in [0.4, 0.5) is 0 Å². The second-order valence-electron chi connectivity index (χ2n) is 7.13. The maximum absolute atomic E-state index is 12.8. The van der Waals surface area contributed by atoms with Crippen molar-refractivity contribution in [3.63, 3.8) is 0 Å². The van der Waals surface area contributed by atoms with Crippen molar-refractivity contribution in [3.05, 3.63) is 54.7 Å². The molecule has 164 valence electrons. The summed E-state index contributed by atoms with van der Waals surface area (Å²) in [6.45, 7) is 5.22. The van der Waals surface area contributed by atoms with E-state index in [4.69, 9.17) is 14.2 Å². The first-order valence-electron chi connectivity index (χ1n) is 10.4. The molecule has 0 radical (unpaired) electrons. The highest BCUT2D eigenvalue weighted by Gasteiger charge is 2.26.